The van der Waals surface area contributed by atoms with Crippen molar-refractivity contribution in [2.75, 3.05) is 6.54 Å². The standard InChI is InChI=1S/C19H32N2O2/c1-7-15-9-11-16(12-10-15)17(8-2)21-14(3)13-20-18(22)23-19(4,5)6/h9-12,14,17,21H,7-8,13H2,1-6H3,(H,20,22). The Bertz CT molecular complexity index is 477. The van der Waals surface area contributed by atoms with E-state index in [9.17, 15) is 4.79 Å². The SMILES string of the molecule is CCc1ccc(C(CC)NC(C)CNC(=O)OC(C)(C)C)cc1. The van der Waals surface area contributed by atoms with Crippen LogP contribution in [0.5, 0.6) is 0 Å². The number of benzene rings is 1. The molecule has 1 aromatic rings. The fourth-order valence-corrected chi connectivity index (χ4v) is 2.39. The van der Waals surface area contributed by atoms with E-state index in [0.29, 0.717) is 6.54 Å². The van der Waals surface area contributed by atoms with E-state index in [1.165, 1.54) is 11.1 Å². The van der Waals surface area contributed by atoms with Crippen molar-refractivity contribution in [2.24, 2.45) is 0 Å². The number of ether oxygens (including phenoxy) is 1. The lowest BCUT2D eigenvalue weighted by atomic mass is 10.0. The summed E-state index contributed by atoms with van der Waals surface area (Å²) in [6.07, 6.45) is 1.69. The third-order valence-electron chi connectivity index (χ3n) is 3.64. The van der Waals surface area contributed by atoms with E-state index in [0.717, 1.165) is 12.8 Å². The van der Waals surface area contributed by atoms with Crippen molar-refractivity contribution in [3.63, 3.8) is 0 Å². The molecule has 0 radical (unpaired) electrons. The molecular formula is C19H32N2O2. The summed E-state index contributed by atoms with van der Waals surface area (Å²) in [7, 11) is 0. The maximum Gasteiger partial charge on any atom is 0.407 e. The molecule has 0 fully saturated rings. The van der Waals surface area contributed by atoms with Gasteiger partial charge in [-0.25, -0.2) is 4.79 Å². The summed E-state index contributed by atoms with van der Waals surface area (Å²) in [5, 5.41) is 6.38. The summed E-state index contributed by atoms with van der Waals surface area (Å²) in [4.78, 5) is 11.7. The Kier molecular flexibility index (Phi) is 7.56. The summed E-state index contributed by atoms with van der Waals surface area (Å²) in [5.74, 6) is 0. The van der Waals surface area contributed by atoms with E-state index in [-0.39, 0.29) is 18.2 Å². The summed E-state index contributed by atoms with van der Waals surface area (Å²) in [6.45, 7) is 12.5. The maximum atomic E-state index is 11.7. The molecule has 0 aliphatic rings. The van der Waals surface area contributed by atoms with Crippen LogP contribution in [0.3, 0.4) is 0 Å². The van der Waals surface area contributed by atoms with Crippen LogP contribution in [0, 0.1) is 0 Å². The van der Waals surface area contributed by atoms with Gasteiger partial charge in [-0.1, -0.05) is 38.1 Å². The lowest BCUT2D eigenvalue weighted by Gasteiger charge is -2.24. The first-order chi connectivity index (χ1) is 10.7. The van der Waals surface area contributed by atoms with Gasteiger partial charge in [0.1, 0.15) is 5.60 Å². The van der Waals surface area contributed by atoms with Crippen LogP contribution in [0.15, 0.2) is 24.3 Å². The number of hydrogen-bond donors (Lipinski definition) is 2. The molecule has 0 aliphatic carbocycles. The average molecular weight is 320 g/mol. The van der Waals surface area contributed by atoms with Gasteiger partial charge in [-0.2, -0.15) is 0 Å². The fourth-order valence-electron chi connectivity index (χ4n) is 2.39. The summed E-state index contributed by atoms with van der Waals surface area (Å²) in [5.41, 5.74) is 2.17. The second kappa shape index (κ2) is 8.92. The fraction of sp³-hybridized carbons (Fsp3) is 0.632. The average Bonchev–Trinajstić information content (AvgIpc) is 2.49. The highest BCUT2D eigenvalue weighted by Crippen LogP contribution is 2.18. The zero-order chi connectivity index (χ0) is 17.5. The van der Waals surface area contributed by atoms with Crippen LogP contribution in [0.4, 0.5) is 4.79 Å². The molecule has 1 aromatic carbocycles. The third-order valence-corrected chi connectivity index (χ3v) is 3.64. The Morgan fingerprint density at radius 2 is 1.78 bits per heavy atom. The number of aryl methyl sites for hydroxylation is 1. The molecule has 1 rings (SSSR count). The van der Waals surface area contributed by atoms with Crippen molar-refractivity contribution >= 4 is 6.09 Å². The molecule has 4 heteroatoms. The Balaban J connectivity index is 2.49. The highest BCUT2D eigenvalue weighted by molar-refractivity contribution is 5.67. The molecule has 0 saturated heterocycles. The number of nitrogens with one attached hydrogen (secondary N) is 2. The summed E-state index contributed by atoms with van der Waals surface area (Å²) < 4.78 is 5.25. The number of amides is 1. The van der Waals surface area contributed by atoms with Crippen LogP contribution in [0.2, 0.25) is 0 Å². The van der Waals surface area contributed by atoms with E-state index in [1.807, 2.05) is 20.8 Å². The van der Waals surface area contributed by atoms with Gasteiger partial charge in [-0.3, -0.25) is 0 Å². The predicted molar refractivity (Wildman–Crippen MR) is 95.7 cm³/mol. The molecule has 0 aromatic heterocycles. The molecule has 130 valence electrons. The Labute approximate surface area is 141 Å². The van der Waals surface area contributed by atoms with E-state index < -0.39 is 5.60 Å². The Hall–Kier alpha value is -1.55. The molecule has 23 heavy (non-hydrogen) atoms. The predicted octanol–water partition coefficient (Wildman–Crippen LogP) is 4.20. The highest BCUT2D eigenvalue weighted by Gasteiger charge is 2.17. The van der Waals surface area contributed by atoms with Crippen molar-refractivity contribution in [3.05, 3.63) is 35.4 Å². The van der Waals surface area contributed by atoms with Crippen molar-refractivity contribution in [3.8, 4) is 0 Å². The first-order valence-electron chi connectivity index (χ1n) is 8.56. The molecule has 0 spiro atoms. The zero-order valence-corrected chi connectivity index (χ0v) is 15.4. The number of carbonyl (C=O) groups excluding carboxylic acids is 1. The minimum atomic E-state index is -0.465. The molecule has 0 bridgehead atoms. The molecule has 0 saturated carbocycles. The number of carbonyl (C=O) groups is 1. The summed E-state index contributed by atoms with van der Waals surface area (Å²) in [6, 6.07) is 9.20. The van der Waals surface area contributed by atoms with E-state index >= 15 is 0 Å². The number of alkyl carbamates (subject to hydrolysis) is 1. The van der Waals surface area contributed by atoms with Crippen LogP contribution in [0.25, 0.3) is 0 Å². The normalized spacial score (nSPS) is 14.2. The maximum absolute atomic E-state index is 11.7. The molecular weight excluding hydrogens is 288 g/mol. The molecule has 2 N–H and O–H groups in total. The van der Waals surface area contributed by atoms with Gasteiger partial charge in [0.25, 0.3) is 0 Å². The minimum Gasteiger partial charge on any atom is -0.444 e. The minimum absolute atomic E-state index is 0.165. The van der Waals surface area contributed by atoms with Gasteiger partial charge in [0.05, 0.1) is 0 Å². The molecule has 2 atom stereocenters. The second-order valence-corrected chi connectivity index (χ2v) is 7.01. The van der Waals surface area contributed by atoms with Crippen molar-refractivity contribution in [1.29, 1.82) is 0 Å². The van der Waals surface area contributed by atoms with Gasteiger partial charge in [-0.05, 0) is 51.7 Å². The van der Waals surface area contributed by atoms with Gasteiger partial charge in [-0.15, -0.1) is 0 Å². The van der Waals surface area contributed by atoms with Crippen LogP contribution in [-0.2, 0) is 11.2 Å². The third kappa shape index (κ3) is 7.51. The lowest BCUT2D eigenvalue weighted by molar-refractivity contribution is 0.0522. The Morgan fingerprint density at radius 1 is 1.17 bits per heavy atom. The van der Waals surface area contributed by atoms with Gasteiger partial charge >= 0.3 is 6.09 Å². The number of hydrogen-bond acceptors (Lipinski definition) is 3. The Morgan fingerprint density at radius 3 is 2.26 bits per heavy atom. The van der Waals surface area contributed by atoms with Gasteiger partial charge in [0, 0.05) is 18.6 Å². The molecule has 2 unspecified atom stereocenters. The van der Waals surface area contributed by atoms with Crippen molar-refractivity contribution < 1.29 is 9.53 Å². The quantitative estimate of drug-likeness (QED) is 0.791. The van der Waals surface area contributed by atoms with Crippen molar-refractivity contribution in [1.82, 2.24) is 10.6 Å². The summed E-state index contributed by atoms with van der Waals surface area (Å²) >= 11 is 0. The largest absolute Gasteiger partial charge is 0.444 e. The molecule has 4 nitrogen and oxygen atoms in total. The number of rotatable bonds is 7. The molecule has 0 heterocycles. The van der Waals surface area contributed by atoms with Crippen LogP contribution < -0.4 is 10.6 Å². The van der Waals surface area contributed by atoms with E-state index in [1.54, 1.807) is 0 Å². The van der Waals surface area contributed by atoms with Gasteiger partial charge in [0.2, 0.25) is 0 Å². The second-order valence-electron chi connectivity index (χ2n) is 7.01. The zero-order valence-electron chi connectivity index (χ0n) is 15.4. The van der Waals surface area contributed by atoms with E-state index in [4.69, 9.17) is 4.74 Å². The highest BCUT2D eigenvalue weighted by atomic mass is 16.6. The van der Waals surface area contributed by atoms with Crippen molar-refractivity contribution in [2.45, 2.75) is 72.1 Å². The van der Waals surface area contributed by atoms with Crippen LogP contribution in [-0.4, -0.2) is 24.3 Å². The first kappa shape index (κ1) is 19.5. The lowest BCUT2D eigenvalue weighted by Crippen LogP contribution is -2.42. The van der Waals surface area contributed by atoms with E-state index in [2.05, 4.69) is 55.7 Å². The first-order valence-corrected chi connectivity index (χ1v) is 8.56. The smallest absolute Gasteiger partial charge is 0.407 e. The van der Waals surface area contributed by atoms with Crippen LogP contribution in [0.1, 0.15) is 65.1 Å². The monoisotopic (exact) mass is 320 g/mol. The van der Waals surface area contributed by atoms with Gasteiger partial charge < -0.3 is 15.4 Å². The molecule has 1 amide bonds. The van der Waals surface area contributed by atoms with Gasteiger partial charge in [0.15, 0.2) is 0 Å². The van der Waals surface area contributed by atoms with Crippen LogP contribution >= 0.6 is 0 Å². The topological polar surface area (TPSA) is 50.4 Å². The molecule has 0 aliphatic heterocycles.